The van der Waals surface area contributed by atoms with Crippen molar-refractivity contribution in [2.75, 3.05) is 0 Å². The van der Waals surface area contributed by atoms with Gasteiger partial charge in [-0.15, -0.1) is 0 Å². The topological polar surface area (TPSA) is 83.2 Å². The zero-order chi connectivity index (χ0) is 27.1. The number of alkyl halides is 3. The van der Waals surface area contributed by atoms with E-state index >= 15 is 0 Å². The van der Waals surface area contributed by atoms with E-state index in [0.29, 0.717) is 22.6 Å². The Hall–Kier alpha value is -4.87. The number of fused-ring (bicyclic) bond motifs is 1. The van der Waals surface area contributed by atoms with Crippen molar-refractivity contribution in [1.29, 1.82) is 0 Å². The highest BCUT2D eigenvalue weighted by atomic mass is 19.4. The Balaban J connectivity index is 1.23. The van der Waals surface area contributed by atoms with Crippen LogP contribution in [0.2, 0.25) is 0 Å². The summed E-state index contributed by atoms with van der Waals surface area (Å²) < 4.78 is 75.0. The van der Waals surface area contributed by atoms with E-state index in [1.807, 2.05) is 0 Å². The molecule has 0 fully saturated rings. The maximum Gasteiger partial charge on any atom is 0.417 e. The second kappa shape index (κ2) is 9.46. The third-order valence-corrected chi connectivity index (χ3v) is 6.16. The Morgan fingerprint density at radius 1 is 0.949 bits per heavy atom. The molecule has 39 heavy (non-hydrogen) atoms. The fourth-order valence-electron chi connectivity index (χ4n) is 4.30. The molecular weight excluding hydrogens is 519 g/mol. The van der Waals surface area contributed by atoms with Gasteiger partial charge in [0, 0.05) is 23.4 Å². The molecule has 0 saturated heterocycles. The normalized spacial score (nSPS) is 13.1. The largest absolute Gasteiger partial charge is 0.417 e. The molecule has 7 nitrogen and oxygen atoms in total. The van der Waals surface area contributed by atoms with Gasteiger partial charge in [-0.1, -0.05) is 29.4 Å². The third kappa shape index (κ3) is 4.76. The number of hydrazone groups is 1. The van der Waals surface area contributed by atoms with Gasteiger partial charge in [0.15, 0.2) is 17.4 Å². The summed E-state index contributed by atoms with van der Waals surface area (Å²) in [4.78, 5) is 11.4. The van der Waals surface area contributed by atoms with Crippen molar-refractivity contribution in [2.45, 2.75) is 19.3 Å². The summed E-state index contributed by atoms with van der Waals surface area (Å²) in [5.74, 6) is -1.57. The van der Waals surface area contributed by atoms with Gasteiger partial charge in [0.1, 0.15) is 11.5 Å². The predicted octanol–water partition coefficient (Wildman–Crippen LogP) is 6.44. The number of halogens is 5. The van der Waals surface area contributed by atoms with Gasteiger partial charge in [-0.05, 0) is 30.3 Å². The van der Waals surface area contributed by atoms with Crippen molar-refractivity contribution in [3.8, 4) is 33.9 Å². The highest BCUT2D eigenvalue weighted by Crippen LogP contribution is 2.39. The molecule has 12 heteroatoms. The lowest BCUT2D eigenvalue weighted by Crippen LogP contribution is -2.21. The molecule has 0 saturated carbocycles. The molecule has 1 aliphatic rings. The van der Waals surface area contributed by atoms with Crippen LogP contribution >= 0.6 is 0 Å². The van der Waals surface area contributed by atoms with Gasteiger partial charge in [0.25, 0.3) is 0 Å². The van der Waals surface area contributed by atoms with Crippen molar-refractivity contribution in [2.24, 2.45) is 5.10 Å². The SMILES string of the molecule is Fc1cccc(-c2nc3c([nH]2)C=NN(Cc2cc(-c4ccc(-c5ccccn5)cc4C(F)(F)F)no2)C3)c1F. The zero-order valence-corrected chi connectivity index (χ0v) is 19.9. The first-order valence-corrected chi connectivity index (χ1v) is 11.7. The fourth-order valence-corrected chi connectivity index (χ4v) is 4.30. The number of nitrogens with one attached hydrogen (secondary N) is 1. The van der Waals surface area contributed by atoms with Gasteiger partial charge in [-0.2, -0.15) is 18.3 Å². The predicted molar refractivity (Wildman–Crippen MR) is 131 cm³/mol. The minimum absolute atomic E-state index is 0.0150. The summed E-state index contributed by atoms with van der Waals surface area (Å²) in [5, 5.41) is 9.72. The van der Waals surface area contributed by atoms with Crippen LogP contribution in [0.5, 0.6) is 0 Å². The molecule has 3 aromatic heterocycles. The number of aromatic amines is 1. The van der Waals surface area contributed by atoms with Gasteiger partial charge < -0.3 is 9.51 Å². The van der Waals surface area contributed by atoms with E-state index in [9.17, 15) is 22.0 Å². The van der Waals surface area contributed by atoms with Crippen molar-refractivity contribution in [3.63, 3.8) is 0 Å². The van der Waals surface area contributed by atoms with Crippen LogP contribution in [-0.2, 0) is 19.3 Å². The Labute approximate surface area is 217 Å². The number of nitrogens with zero attached hydrogens (tertiary/aromatic N) is 5. The highest BCUT2D eigenvalue weighted by molar-refractivity contribution is 5.81. The average molecular weight is 536 g/mol. The summed E-state index contributed by atoms with van der Waals surface area (Å²) in [6, 6.07) is 14.2. The first kappa shape index (κ1) is 24.5. The Morgan fingerprint density at radius 3 is 2.62 bits per heavy atom. The average Bonchev–Trinajstić information content (AvgIpc) is 3.57. The van der Waals surface area contributed by atoms with Crippen LogP contribution in [0.4, 0.5) is 22.0 Å². The van der Waals surface area contributed by atoms with Crippen LogP contribution in [0.15, 0.2) is 76.5 Å². The molecule has 2 aromatic carbocycles. The number of hydrogen-bond acceptors (Lipinski definition) is 6. The quantitative estimate of drug-likeness (QED) is 0.262. The number of hydrogen-bond donors (Lipinski definition) is 1. The van der Waals surface area contributed by atoms with Crippen LogP contribution in [0.1, 0.15) is 22.7 Å². The molecule has 0 bridgehead atoms. The number of H-pyrrole nitrogens is 1. The number of pyridine rings is 1. The fraction of sp³-hybridized carbons (Fsp3) is 0.111. The van der Waals surface area contributed by atoms with E-state index in [1.54, 1.807) is 29.3 Å². The van der Waals surface area contributed by atoms with E-state index in [1.165, 1.54) is 36.7 Å². The molecule has 1 aliphatic heterocycles. The van der Waals surface area contributed by atoms with Crippen molar-refractivity contribution < 1.29 is 26.5 Å². The van der Waals surface area contributed by atoms with E-state index in [2.05, 4.69) is 25.2 Å². The van der Waals surface area contributed by atoms with Gasteiger partial charge in [0.2, 0.25) is 0 Å². The van der Waals surface area contributed by atoms with E-state index in [-0.39, 0.29) is 41.5 Å². The molecule has 1 N–H and O–H groups in total. The van der Waals surface area contributed by atoms with Crippen LogP contribution in [-0.4, -0.2) is 31.3 Å². The Morgan fingerprint density at radius 2 is 1.82 bits per heavy atom. The molecule has 4 heterocycles. The molecule has 0 atom stereocenters. The van der Waals surface area contributed by atoms with Gasteiger partial charge in [-0.3, -0.25) is 9.99 Å². The molecule has 6 rings (SSSR count). The molecule has 196 valence electrons. The van der Waals surface area contributed by atoms with E-state index in [0.717, 1.165) is 12.1 Å². The maximum absolute atomic E-state index is 14.2. The standard InChI is InChI=1S/C27H17F5N6O/c28-20-5-3-4-18(25(20)29)26-35-23-12-34-38(14-24(23)36-26)13-16-11-22(37-39-16)17-8-7-15(10-19(17)27(30,31)32)21-6-1-2-9-33-21/h1-12H,13-14H2,(H,35,36). The summed E-state index contributed by atoms with van der Waals surface area (Å²) in [7, 11) is 0. The molecule has 0 spiro atoms. The van der Waals surface area contributed by atoms with Crippen LogP contribution in [0, 0.1) is 11.6 Å². The second-order valence-electron chi connectivity index (χ2n) is 8.77. The Bertz CT molecular complexity index is 1690. The zero-order valence-electron chi connectivity index (χ0n) is 19.9. The first-order chi connectivity index (χ1) is 18.8. The molecule has 5 aromatic rings. The Kier molecular flexibility index (Phi) is 5.93. The maximum atomic E-state index is 14.2. The number of benzene rings is 2. The molecular formula is C27H17F5N6O. The summed E-state index contributed by atoms with van der Waals surface area (Å²) in [6.45, 7) is 0.286. The molecule has 0 aliphatic carbocycles. The summed E-state index contributed by atoms with van der Waals surface area (Å²) >= 11 is 0. The van der Waals surface area contributed by atoms with Crippen LogP contribution in [0.25, 0.3) is 33.9 Å². The lowest BCUT2D eigenvalue weighted by molar-refractivity contribution is -0.137. The lowest BCUT2D eigenvalue weighted by Gasteiger charge is -2.19. The van der Waals surface area contributed by atoms with Crippen LogP contribution in [0.3, 0.4) is 0 Å². The number of imidazole rings is 1. The smallest absolute Gasteiger partial charge is 0.359 e. The lowest BCUT2D eigenvalue weighted by atomic mass is 9.99. The van der Waals surface area contributed by atoms with Crippen molar-refractivity contribution in [1.82, 2.24) is 25.1 Å². The summed E-state index contributed by atoms with van der Waals surface area (Å²) in [6.07, 6.45) is -1.65. The van der Waals surface area contributed by atoms with Gasteiger partial charge in [-0.25, -0.2) is 13.8 Å². The van der Waals surface area contributed by atoms with Gasteiger partial charge >= 0.3 is 6.18 Å². The molecule has 0 radical (unpaired) electrons. The molecule has 0 amide bonds. The minimum atomic E-state index is -4.63. The summed E-state index contributed by atoms with van der Waals surface area (Å²) in [5.41, 5.74) is 0.827. The number of aromatic nitrogens is 4. The van der Waals surface area contributed by atoms with E-state index < -0.39 is 23.4 Å². The van der Waals surface area contributed by atoms with Crippen LogP contribution < -0.4 is 0 Å². The molecule has 0 unspecified atom stereocenters. The minimum Gasteiger partial charge on any atom is -0.359 e. The van der Waals surface area contributed by atoms with Crippen molar-refractivity contribution in [3.05, 3.63) is 101 Å². The van der Waals surface area contributed by atoms with Crippen molar-refractivity contribution >= 4 is 6.21 Å². The second-order valence-corrected chi connectivity index (χ2v) is 8.77. The monoisotopic (exact) mass is 536 g/mol. The third-order valence-electron chi connectivity index (χ3n) is 6.16. The van der Waals surface area contributed by atoms with Gasteiger partial charge in [0.05, 0.1) is 47.5 Å². The number of rotatable bonds is 5. The first-order valence-electron chi connectivity index (χ1n) is 11.7. The van der Waals surface area contributed by atoms with E-state index in [4.69, 9.17) is 4.52 Å². The highest BCUT2D eigenvalue weighted by Gasteiger charge is 2.35.